The SMILES string of the molecule is O=C(CC1CC1)NCCc1c[nH]c2ccccc12. The van der Waals surface area contributed by atoms with Gasteiger partial charge in [0.15, 0.2) is 0 Å². The lowest BCUT2D eigenvalue weighted by atomic mass is 10.1. The smallest absolute Gasteiger partial charge is 0.220 e. The van der Waals surface area contributed by atoms with Crippen LogP contribution in [-0.4, -0.2) is 17.4 Å². The molecule has 94 valence electrons. The van der Waals surface area contributed by atoms with Crippen molar-refractivity contribution in [2.45, 2.75) is 25.7 Å². The Morgan fingerprint density at radius 2 is 2.17 bits per heavy atom. The highest BCUT2D eigenvalue weighted by Gasteiger charge is 2.23. The minimum atomic E-state index is 0.206. The molecule has 1 aliphatic rings. The lowest BCUT2D eigenvalue weighted by Crippen LogP contribution is -2.25. The van der Waals surface area contributed by atoms with E-state index in [1.165, 1.54) is 23.8 Å². The number of fused-ring (bicyclic) bond motifs is 1. The van der Waals surface area contributed by atoms with Crippen LogP contribution in [0.4, 0.5) is 0 Å². The Morgan fingerprint density at radius 3 is 3.00 bits per heavy atom. The van der Waals surface area contributed by atoms with Gasteiger partial charge < -0.3 is 10.3 Å². The van der Waals surface area contributed by atoms with E-state index in [-0.39, 0.29) is 5.91 Å². The van der Waals surface area contributed by atoms with Crippen molar-refractivity contribution in [1.29, 1.82) is 0 Å². The fourth-order valence-corrected chi connectivity index (χ4v) is 2.33. The number of amides is 1. The standard InChI is InChI=1S/C15H18N2O/c18-15(9-11-5-6-11)16-8-7-12-10-17-14-4-2-1-3-13(12)14/h1-4,10-11,17H,5-9H2,(H,16,18). The third-order valence-corrected chi connectivity index (χ3v) is 3.56. The molecule has 1 heterocycles. The second-order valence-electron chi connectivity index (χ2n) is 5.11. The van der Waals surface area contributed by atoms with E-state index in [2.05, 4.69) is 22.4 Å². The van der Waals surface area contributed by atoms with Gasteiger partial charge in [-0.15, -0.1) is 0 Å². The summed E-state index contributed by atoms with van der Waals surface area (Å²) < 4.78 is 0. The van der Waals surface area contributed by atoms with Crippen molar-refractivity contribution in [2.75, 3.05) is 6.54 Å². The molecule has 1 saturated carbocycles. The Bertz CT molecular complexity index is 554. The molecule has 0 radical (unpaired) electrons. The number of carbonyl (C=O) groups is 1. The number of aromatic nitrogens is 1. The zero-order valence-electron chi connectivity index (χ0n) is 10.4. The van der Waals surface area contributed by atoms with E-state index in [0.717, 1.165) is 18.5 Å². The highest BCUT2D eigenvalue weighted by molar-refractivity contribution is 5.83. The quantitative estimate of drug-likeness (QED) is 0.831. The van der Waals surface area contributed by atoms with Crippen molar-refractivity contribution >= 4 is 16.8 Å². The first-order chi connectivity index (χ1) is 8.83. The van der Waals surface area contributed by atoms with E-state index >= 15 is 0 Å². The summed E-state index contributed by atoms with van der Waals surface area (Å²) in [5, 5.41) is 4.26. The molecule has 0 unspecified atom stereocenters. The van der Waals surface area contributed by atoms with Crippen molar-refractivity contribution in [1.82, 2.24) is 10.3 Å². The summed E-state index contributed by atoms with van der Waals surface area (Å²) in [5.74, 6) is 0.871. The maximum Gasteiger partial charge on any atom is 0.220 e. The number of hydrogen-bond acceptors (Lipinski definition) is 1. The zero-order valence-corrected chi connectivity index (χ0v) is 10.4. The Kier molecular flexibility index (Phi) is 3.05. The Labute approximate surface area is 107 Å². The van der Waals surface area contributed by atoms with Crippen LogP contribution < -0.4 is 5.32 Å². The summed E-state index contributed by atoms with van der Waals surface area (Å²) in [6.45, 7) is 0.730. The predicted octanol–water partition coefficient (Wildman–Crippen LogP) is 2.63. The van der Waals surface area contributed by atoms with Gasteiger partial charge in [0.2, 0.25) is 5.91 Å². The first-order valence-electron chi connectivity index (χ1n) is 6.64. The van der Waals surface area contributed by atoms with Crippen molar-refractivity contribution in [3.05, 3.63) is 36.0 Å². The maximum atomic E-state index is 11.6. The van der Waals surface area contributed by atoms with Crippen LogP contribution in [0.5, 0.6) is 0 Å². The molecule has 3 heteroatoms. The number of hydrogen-bond donors (Lipinski definition) is 2. The molecule has 3 nitrogen and oxygen atoms in total. The minimum Gasteiger partial charge on any atom is -0.361 e. The molecule has 1 aromatic carbocycles. The second-order valence-corrected chi connectivity index (χ2v) is 5.11. The second kappa shape index (κ2) is 4.84. The third-order valence-electron chi connectivity index (χ3n) is 3.56. The Balaban J connectivity index is 1.54. The van der Waals surface area contributed by atoms with Gasteiger partial charge in [0.1, 0.15) is 0 Å². The molecule has 18 heavy (non-hydrogen) atoms. The van der Waals surface area contributed by atoms with E-state index in [1.54, 1.807) is 0 Å². The van der Waals surface area contributed by atoms with Gasteiger partial charge in [-0.05, 0) is 36.8 Å². The van der Waals surface area contributed by atoms with Crippen LogP contribution in [-0.2, 0) is 11.2 Å². The van der Waals surface area contributed by atoms with Gasteiger partial charge in [-0.25, -0.2) is 0 Å². The van der Waals surface area contributed by atoms with Gasteiger partial charge in [0, 0.05) is 30.1 Å². The van der Waals surface area contributed by atoms with E-state index in [9.17, 15) is 4.79 Å². The molecule has 1 aliphatic carbocycles. The fraction of sp³-hybridized carbons (Fsp3) is 0.400. The van der Waals surface area contributed by atoms with Gasteiger partial charge in [0.05, 0.1) is 0 Å². The average Bonchev–Trinajstić information content (AvgIpc) is 3.09. The summed E-state index contributed by atoms with van der Waals surface area (Å²) in [7, 11) is 0. The average molecular weight is 242 g/mol. The van der Waals surface area contributed by atoms with Crippen LogP contribution >= 0.6 is 0 Å². The molecular weight excluding hydrogens is 224 g/mol. The number of aromatic amines is 1. The number of nitrogens with one attached hydrogen (secondary N) is 2. The van der Waals surface area contributed by atoms with Crippen molar-refractivity contribution < 1.29 is 4.79 Å². The van der Waals surface area contributed by atoms with Crippen LogP contribution in [0.15, 0.2) is 30.5 Å². The Hall–Kier alpha value is -1.77. The van der Waals surface area contributed by atoms with Gasteiger partial charge in [0.25, 0.3) is 0 Å². The molecule has 3 rings (SSSR count). The summed E-state index contributed by atoms with van der Waals surface area (Å²) in [6.07, 6.45) is 6.11. The first-order valence-corrected chi connectivity index (χ1v) is 6.64. The largest absolute Gasteiger partial charge is 0.361 e. The molecule has 0 aliphatic heterocycles. The molecule has 0 atom stereocenters. The lowest BCUT2D eigenvalue weighted by Gasteiger charge is -2.03. The molecule has 2 aromatic rings. The van der Waals surface area contributed by atoms with Gasteiger partial charge in [-0.3, -0.25) is 4.79 Å². The molecule has 1 amide bonds. The van der Waals surface area contributed by atoms with Crippen LogP contribution in [0.3, 0.4) is 0 Å². The molecule has 2 N–H and O–H groups in total. The van der Waals surface area contributed by atoms with Crippen LogP contribution in [0.2, 0.25) is 0 Å². The maximum absolute atomic E-state index is 11.6. The minimum absolute atomic E-state index is 0.206. The predicted molar refractivity (Wildman–Crippen MR) is 72.4 cm³/mol. The van der Waals surface area contributed by atoms with Gasteiger partial charge >= 0.3 is 0 Å². The Morgan fingerprint density at radius 1 is 1.33 bits per heavy atom. The topological polar surface area (TPSA) is 44.9 Å². The van der Waals surface area contributed by atoms with Gasteiger partial charge in [-0.2, -0.15) is 0 Å². The van der Waals surface area contributed by atoms with Crippen molar-refractivity contribution in [3.63, 3.8) is 0 Å². The molecule has 0 bridgehead atoms. The number of rotatable bonds is 5. The highest BCUT2D eigenvalue weighted by atomic mass is 16.1. The zero-order chi connectivity index (χ0) is 12.4. The van der Waals surface area contributed by atoms with Crippen LogP contribution in [0.25, 0.3) is 10.9 Å². The van der Waals surface area contributed by atoms with Crippen LogP contribution in [0.1, 0.15) is 24.8 Å². The van der Waals surface area contributed by atoms with E-state index in [0.29, 0.717) is 12.3 Å². The summed E-state index contributed by atoms with van der Waals surface area (Å²) >= 11 is 0. The number of carbonyl (C=O) groups excluding carboxylic acids is 1. The van der Waals surface area contributed by atoms with E-state index in [1.807, 2.05) is 18.3 Å². The highest BCUT2D eigenvalue weighted by Crippen LogP contribution is 2.32. The first kappa shape index (κ1) is 11.3. The summed E-state index contributed by atoms with van der Waals surface area (Å²) in [6, 6.07) is 8.27. The summed E-state index contributed by atoms with van der Waals surface area (Å²) in [5.41, 5.74) is 2.44. The molecule has 1 fully saturated rings. The normalized spacial score (nSPS) is 14.9. The number of H-pyrrole nitrogens is 1. The van der Waals surface area contributed by atoms with Crippen molar-refractivity contribution in [3.8, 4) is 0 Å². The number of para-hydroxylation sites is 1. The van der Waals surface area contributed by atoms with Crippen molar-refractivity contribution in [2.24, 2.45) is 5.92 Å². The third kappa shape index (κ3) is 2.55. The summed E-state index contributed by atoms with van der Waals surface area (Å²) in [4.78, 5) is 14.8. The molecule has 1 aromatic heterocycles. The molecular formula is C15H18N2O. The lowest BCUT2D eigenvalue weighted by molar-refractivity contribution is -0.121. The van der Waals surface area contributed by atoms with Gasteiger partial charge in [-0.1, -0.05) is 18.2 Å². The van der Waals surface area contributed by atoms with E-state index < -0.39 is 0 Å². The molecule has 0 saturated heterocycles. The monoisotopic (exact) mass is 242 g/mol. The van der Waals surface area contributed by atoms with Crippen LogP contribution in [0, 0.1) is 5.92 Å². The van der Waals surface area contributed by atoms with E-state index in [4.69, 9.17) is 0 Å². The number of benzene rings is 1. The fourth-order valence-electron chi connectivity index (χ4n) is 2.33. The molecule has 0 spiro atoms.